The SMILES string of the molecule is Cc1ccc([C@@H](CNC(=O)C(=O)Nc2ccc(Cl)cc2)N2CCN(C)CC2)cc1. The molecule has 7 heteroatoms. The molecule has 0 unspecified atom stereocenters. The normalized spacial score (nSPS) is 16.2. The van der Waals surface area contributed by atoms with E-state index in [9.17, 15) is 9.59 Å². The van der Waals surface area contributed by atoms with Crippen molar-refractivity contribution in [1.82, 2.24) is 15.1 Å². The number of hydrogen-bond donors (Lipinski definition) is 2. The molecule has 6 nitrogen and oxygen atoms in total. The van der Waals surface area contributed by atoms with Crippen LogP contribution in [0.2, 0.25) is 5.02 Å². The van der Waals surface area contributed by atoms with E-state index < -0.39 is 11.8 Å². The van der Waals surface area contributed by atoms with Gasteiger partial charge in [-0.15, -0.1) is 0 Å². The van der Waals surface area contributed by atoms with E-state index >= 15 is 0 Å². The van der Waals surface area contributed by atoms with Gasteiger partial charge in [0, 0.05) is 43.4 Å². The number of carbonyl (C=O) groups is 2. The fourth-order valence-electron chi connectivity index (χ4n) is 3.37. The molecule has 2 amide bonds. The minimum absolute atomic E-state index is 0.0246. The minimum Gasteiger partial charge on any atom is -0.346 e. The second kappa shape index (κ2) is 9.87. The smallest absolute Gasteiger partial charge is 0.313 e. The number of nitrogens with one attached hydrogen (secondary N) is 2. The topological polar surface area (TPSA) is 64.7 Å². The second-order valence-corrected chi connectivity index (χ2v) is 7.87. The summed E-state index contributed by atoms with van der Waals surface area (Å²) >= 11 is 5.85. The third-order valence-corrected chi connectivity index (χ3v) is 5.46. The van der Waals surface area contributed by atoms with Crippen LogP contribution < -0.4 is 10.6 Å². The van der Waals surface area contributed by atoms with Crippen LogP contribution in [-0.2, 0) is 9.59 Å². The monoisotopic (exact) mass is 414 g/mol. The van der Waals surface area contributed by atoms with Gasteiger partial charge in [0.15, 0.2) is 0 Å². The van der Waals surface area contributed by atoms with Crippen LogP contribution in [0.4, 0.5) is 5.69 Å². The first-order chi connectivity index (χ1) is 13.9. The molecule has 2 N–H and O–H groups in total. The van der Waals surface area contributed by atoms with Crippen molar-refractivity contribution in [3.8, 4) is 0 Å². The number of halogens is 1. The van der Waals surface area contributed by atoms with Gasteiger partial charge in [0.25, 0.3) is 0 Å². The van der Waals surface area contributed by atoms with Crippen molar-refractivity contribution in [2.75, 3.05) is 45.1 Å². The number of hydrogen-bond acceptors (Lipinski definition) is 4. The summed E-state index contributed by atoms with van der Waals surface area (Å²) in [5.74, 6) is -1.33. The molecule has 2 aromatic rings. The molecule has 1 heterocycles. The van der Waals surface area contributed by atoms with E-state index in [1.807, 2.05) is 0 Å². The molecule has 0 aliphatic carbocycles. The van der Waals surface area contributed by atoms with Crippen molar-refractivity contribution < 1.29 is 9.59 Å². The van der Waals surface area contributed by atoms with Crippen LogP contribution in [0.1, 0.15) is 17.2 Å². The highest BCUT2D eigenvalue weighted by Crippen LogP contribution is 2.22. The third kappa shape index (κ3) is 6.03. The lowest BCUT2D eigenvalue weighted by molar-refractivity contribution is -0.136. The van der Waals surface area contributed by atoms with Gasteiger partial charge in [-0.25, -0.2) is 0 Å². The molecule has 0 spiro atoms. The largest absolute Gasteiger partial charge is 0.346 e. The number of carbonyl (C=O) groups excluding carboxylic acids is 2. The molecule has 0 bridgehead atoms. The summed E-state index contributed by atoms with van der Waals surface area (Å²) in [5.41, 5.74) is 2.86. The van der Waals surface area contributed by atoms with Crippen LogP contribution in [0.15, 0.2) is 48.5 Å². The Bertz CT molecular complexity index is 831. The Morgan fingerprint density at radius 3 is 2.21 bits per heavy atom. The van der Waals surface area contributed by atoms with E-state index in [1.54, 1.807) is 24.3 Å². The molecule has 3 rings (SSSR count). The Kier molecular flexibility index (Phi) is 7.25. The summed E-state index contributed by atoms with van der Waals surface area (Å²) < 4.78 is 0. The first kappa shape index (κ1) is 21.3. The van der Waals surface area contributed by atoms with E-state index in [4.69, 9.17) is 11.6 Å². The zero-order valence-corrected chi connectivity index (χ0v) is 17.6. The number of likely N-dealkylation sites (N-methyl/N-ethyl adjacent to an activating group) is 1. The second-order valence-electron chi connectivity index (χ2n) is 7.44. The van der Waals surface area contributed by atoms with E-state index in [1.165, 1.54) is 5.56 Å². The van der Waals surface area contributed by atoms with Gasteiger partial charge in [0.2, 0.25) is 0 Å². The first-order valence-corrected chi connectivity index (χ1v) is 10.1. The summed E-state index contributed by atoms with van der Waals surface area (Å²) in [6.45, 7) is 6.22. The van der Waals surface area contributed by atoms with Gasteiger partial charge in [0.1, 0.15) is 0 Å². The molecule has 2 aromatic carbocycles. The number of piperazine rings is 1. The highest BCUT2D eigenvalue weighted by molar-refractivity contribution is 6.39. The van der Waals surface area contributed by atoms with Gasteiger partial charge >= 0.3 is 11.8 Å². The first-order valence-electron chi connectivity index (χ1n) is 9.76. The van der Waals surface area contributed by atoms with Crippen LogP contribution in [0.5, 0.6) is 0 Å². The molecule has 1 saturated heterocycles. The maximum Gasteiger partial charge on any atom is 0.313 e. The molecule has 0 aromatic heterocycles. The molecule has 1 fully saturated rings. The standard InChI is InChI=1S/C22H27ClN4O2/c1-16-3-5-17(6-4-16)20(27-13-11-26(2)12-14-27)15-24-21(28)22(29)25-19-9-7-18(23)8-10-19/h3-10,20H,11-15H2,1-2H3,(H,24,28)(H,25,29)/t20-/m1/s1. The molecule has 29 heavy (non-hydrogen) atoms. The Labute approximate surface area is 176 Å². The molecule has 154 valence electrons. The van der Waals surface area contributed by atoms with Crippen molar-refractivity contribution in [1.29, 1.82) is 0 Å². The summed E-state index contributed by atoms with van der Waals surface area (Å²) in [5, 5.41) is 5.97. The molecular weight excluding hydrogens is 388 g/mol. The fourth-order valence-corrected chi connectivity index (χ4v) is 3.50. The van der Waals surface area contributed by atoms with Gasteiger partial charge in [0.05, 0.1) is 6.04 Å². The number of benzene rings is 2. The van der Waals surface area contributed by atoms with Crippen molar-refractivity contribution in [3.63, 3.8) is 0 Å². The number of aryl methyl sites for hydroxylation is 1. The maximum atomic E-state index is 12.4. The Morgan fingerprint density at radius 1 is 0.966 bits per heavy atom. The van der Waals surface area contributed by atoms with Crippen molar-refractivity contribution >= 4 is 29.1 Å². The van der Waals surface area contributed by atoms with Crippen LogP contribution in [-0.4, -0.2) is 61.4 Å². The molecule has 0 saturated carbocycles. The van der Waals surface area contributed by atoms with E-state index in [0.29, 0.717) is 17.3 Å². The van der Waals surface area contributed by atoms with Gasteiger partial charge in [-0.1, -0.05) is 41.4 Å². The zero-order valence-electron chi connectivity index (χ0n) is 16.8. The van der Waals surface area contributed by atoms with Crippen LogP contribution in [0.25, 0.3) is 0 Å². The van der Waals surface area contributed by atoms with Gasteiger partial charge in [-0.2, -0.15) is 0 Å². The van der Waals surface area contributed by atoms with Gasteiger partial charge < -0.3 is 15.5 Å². The quantitative estimate of drug-likeness (QED) is 0.738. The summed E-state index contributed by atoms with van der Waals surface area (Å²) in [7, 11) is 2.11. The van der Waals surface area contributed by atoms with Gasteiger partial charge in [-0.05, 0) is 43.8 Å². The summed E-state index contributed by atoms with van der Waals surface area (Å²) in [6, 6.07) is 15.0. The number of amides is 2. The van der Waals surface area contributed by atoms with Crippen LogP contribution >= 0.6 is 11.6 Å². The lowest BCUT2D eigenvalue weighted by Crippen LogP contribution is -2.49. The lowest BCUT2D eigenvalue weighted by Gasteiger charge is -2.38. The molecule has 1 atom stereocenters. The Morgan fingerprint density at radius 2 is 1.59 bits per heavy atom. The molecule has 0 radical (unpaired) electrons. The zero-order chi connectivity index (χ0) is 20.8. The molecule has 1 aliphatic heterocycles. The predicted molar refractivity (Wildman–Crippen MR) is 116 cm³/mol. The third-order valence-electron chi connectivity index (χ3n) is 5.21. The van der Waals surface area contributed by atoms with Crippen LogP contribution in [0.3, 0.4) is 0 Å². The Hall–Kier alpha value is -2.41. The van der Waals surface area contributed by atoms with Crippen molar-refractivity contribution in [2.24, 2.45) is 0 Å². The van der Waals surface area contributed by atoms with E-state index in [0.717, 1.165) is 31.7 Å². The summed E-state index contributed by atoms with van der Waals surface area (Å²) in [6.07, 6.45) is 0. The Balaban J connectivity index is 1.63. The highest BCUT2D eigenvalue weighted by Gasteiger charge is 2.25. The fraction of sp³-hybridized carbons (Fsp3) is 0.364. The minimum atomic E-state index is -0.687. The predicted octanol–water partition coefficient (Wildman–Crippen LogP) is 2.69. The highest BCUT2D eigenvalue weighted by atomic mass is 35.5. The maximum absolute atomic E-state index is 12.4. The average molecular weight is 415 g/mol. The van der Waals surface area contributed by atoms with Crippen molar-refractivity contribution in [3.05, 3.63) is 64.7 Å². The molecule has 1 aliphatic rings. The van der Waals surface area contributed by atoms with Gasteiger partial charge in [-0.3, -0.25) is 14.5 Å². The van der Waals surface area contributed by atoms with E-state index in [-0.39, 0.29) is 6.04 Å². The summed E-state index contributed by atoms with van der Waals surface area (Å²) in [4.78, 5) is 29.3. The van der Waals surface area contributed by atoms with Crippen LogP contribution in [0, 0.1) is 6.92 Å². The lowest BCUT2D eigenvalue weighted by atomic mass is 10.0. The van der Waals surface area contributed by atoms with Crippen molar-refractivity contribution in [2.45, 2.75) is 13.0 Å². The number of anilines is 1. The van der Waals surface area contributed by atoms with E-state index in [2.05, 4.69) is 58.7 Å². The number of nitrogens with zero attached hydrogens (tertiary/aromatic N) is 2. The number of rotatable bonds is 5. The average Bonchev–Trinajstić information content (AvgIpc) is 2.72. The molecular formula is C22H27ClN4O2.